The summed E-state index contributed by atoms with van der Waals surface area (Å²) in [6, 6.07) is 0. The average molecular weight is 244 g/mol. The molecule has 0 radical (unpaired) electrons. The molecule has 0 atom stereocenters. The predicted molar refractivity (Wildman–Crippen MR) is 70.8 cm³/mol. The Morgan fingerprint density at radius 2 is 2.19 bits per heavy atom. The number of rotatable bonds is 4. The number of amides is 1. The fourth-order valence-electron chi connectivity index (χ4n) is 1.38. The highest BCUT2D eigenvalue weighted by atomic mass is 35.5. The molecule has 0 aliphatic heterocycles. The van der Waals surface area contributed by atoms with Gasteiger partial charge in [-0.25, -0.2) is 0 Å². The zero-order valence-electron chi connectivity index (χ0n) is 10.5. The average Bonchev–Trinajstić information content (AvgIpc) is 2.32. The predicted octanol–water partition coefficient (Wildman–Crippen LogP) is 3.42. The van der Waals surface area contributed by atoms with E-state index in [1.807, 2.05) is 26.0 Å². The van der Waals surface area contributed by atoms with Crippen LogP contribution in [0, 0.1) is 0 Å². The highest BCUT2D eigenvalue weighted by Crippen LogP contribution is 2.16. The molecule has 0 aromatic carbocycles. The minimum atomic E-state index is 0.0224. The minimum absolute atomic E-state index is 0.0224. The summed E-state index contributed by atoms with van der Waals surface area (Å²) < 4.78 is 0. The molecular formula is C13H22ClNO. The van der Waals surface area contributed by atoms with E-state index in [-0.39, 0.29) is 5.91 Å². The molecule has 92 valence electrons. The second-order valence-electron chi connectivity index (χ2n) is 3.49. The molecule has 0 heterocycles. The maximum Gasteiger partial charge on any atom is 0.250 e. The molecule has 2 nitrogen and oxygen atoms in total. The van der Waals surface area contributed by atoms with E-state index in [1.54, 1.807) is 0 Å². The summed E-state index contributed by atoms with van der Waals surface area (Å²) in [5.74, 6) is 0.614. The van der Waals surface area contributed by atoms with Crippen LogP contribution in [0.2, 0.25) is 0 Å². The molecule has 1 aliphatic carbocycles. The smallest absolute Gasteiger partial charge is 0.250 e. The van der Waals surface area contributed by atoms with E-state index in [0.717, 1.165) is 24.8 Å². The monoisotopic (exact) mass is 243 g/mol. The SMILES string of the molecule is CC.CC1=CC(C(=O)NCCCCl)=CCC1. The van der Waals surface area contributed by atoms with Gasteiger partial charge in [0, 0.05) is 18.0 Å². The van der Waals surface area contributed by atoms with Gasteiger partial charge in [0.1, 0.15) is 0 Å². The Bertz CT molecular complexity index is 269. The molecular weight excluding hydrogens is 222 g/mol. The summed E-state index contributed by atoms with van der Waals surface area (Å²) >= 11 is 5.52. The van der Waals surface area contributed by atoms with Crippen LogP contribution in [-0.2, 0) is 4.79 Å². The fourth-order valence-corrected chi connectivity index (χ4v) is 1.51. The van der Waals surface area contributed by atoms with E-state index < -0.39 is 0 Å². The number of hydrogen-bond donors (Lipinski definition) is 1. The first-order chi connectivity index (χ1) is 7.74. The number of hydrogen-bond acceptors (Lipinski definition) is 1. The molecule has 1 rings (SSSR count). The molecule has 1 amide bonds. The quantitative estimate of drug-likeness (QED) is 0.595. The Morgan fingerprint density at radius 1 is 1.50 bits per heavy atom. The minimum Gasteiger partial charge on any atom is -0.352 e. The van der Waals surface area contributed by atoms with Crippen LogP contribution in [0.25, 0.3) is 0 Å². The lowest BCUT2D eigenvalue weighted by molar-refractivity contribution is -0.117. The molecule has 1 N–H and O–H groups in total. The first-order valence-electron chi connectivity index (χ1n) is 5.95. The normalized spacial score (nSPS) is 14.2. The topological polar surface area (TPSA) is 29.1 Å². The van der Waals surface area contributed by atoms with Crippen LogP contribution in [0.1, 0.15) is 40.0 Å². The third-order valence-electron chi connectivity index (χ3n) is 2.16. The van der Waals surface area contributed by atoms with Crippen LogP contribution in [0.3, 0.4) is 0 Å². The lowest BCUT2D eigenvalue weighted by atomic mass is 10.0. The Labute approximate surface area is 104 Å². The molecule has 0 aromatic heterocycles. The number of carbonyl (C=O) groups excluding carboxylic acids is 1. The second-order valence-corrected chi connectivity index (χ2v) is 3.87. The molecule has 1 aliphatic rings. The van der Waals surface area contributed by atoms with Gasteiger partial charge in [0.25, 0.3) is 5.91 Å². The lowest BCUT2D eigenvalue weighted by Gasteiger charge is -2.10. The maximum absolute atomic E-state index is 11.6. The summed E-state index contributed by atoms with van der Waals surface area (Å²) in [6.07, 6.45) is 6.81. The van der Waals surface area contributed by atoms with Crippen molar-refractivity contribution in [3.63, 3.8) is 0 Å². The molecule has 0 bridgehead atoms. The zero-order chi connectivity index (χ0) is 12.4. The van der Waals surface area contributed by atoms with Gasteiger partial charge in [-0.3, -0.25) is 4.79 Å². The molecule has 0 aromatic rings. The van der Waals surface area contributed by atoms with E-state index >= 15 is 0 Å². The Morgan fingerprint density at radius 3 is 2.75 bits per heavy atom. The van der Waals surface area contributed by atoms with E-state index in [4.69, 9.17) is 11.6 Å². The number of carbonyl (C=O) groups is 1. The molecule has 0 saturated carbocycles. The fraction of sp³-hybridized carbons (Fsp3) is 0.615. The van der Waals surface area contributed by atoms with Crippen molar-refractivity contribution in [2.24, 2.45) is 0 Å². The van der Waals surface area contributed by atoms with Crippen molar-refractivity contribution in [1.29, 1.82) is 0 Å². The maximum atomic E-state index is 11.6. The molecule has 0 unspecified atom stereocenters. The molecule has 0 spiro atoms. The summed E-state index contributed by atoms with van der Waals surface area (Å²) in [6.45, 7) is 6.71. The van der Waals surface area contributed by atoms with Crippen molar-refractivity contribution in [2.75, 3.05) is 12.4 Å². The van der Waals surface area contributed by atoms with Crippen molar-refractivity contribution >= 4 is 17.5 Å². The van der Waals surface area contributed by atoms with Crippen molar-refractivity contribution < 1.29 is 4.79 Å². The lowest BCUT2D eigenvalue weighted by Crippen LogP contribution is -2.26. The van der Waals surface area contributed by atoms with E-state index in [2.05, 4.69) is 12.2 Å². The van der Waals surface area contributed by atoms with Crippen LogP contribution in [0.15, 0.2) is 23.3 Å². The highest BCUT2D eigenvalue weighted by Gasteiger charge is 2.09. The molecule has 0 fully saturated rings. The Hall–Kier alpha value is -0.760. The molecule has 3 heteroatoms. The number of nitrogens with one attached hydrogen (secondary N) is 1. The second kappa shape index (κ2) is 9.46. The molecule has 0 saturated heterocycles. The third kappa shape index (κ3) is 5.96. The number of alkyl halides is 1. The van der Waals surface area contributed by atoms with Gasteiger partial charge in [-0.2, -0.15) is 0 Å². The van der Waals surface area contributed by atoms with Gasteiger partial charge in [-0.15, -0.1) is 11.6 Å². The van der Waals surface area contributed by atoms with Gasteiger partial charge in [-0.05, 0) is 26.2 Å². The van der Waals surface area contributed by atoms with Crippen LogP contribution in [0.5, 0.6) is 0 Å². The van der Waals surface area contributed by atoms with Crippen LogP contribution < -0.4 is 5.32 Å². The van der Waals surface area contributed by atoms with Crippen molar-refractivity contribution in [1.82, 2.24) is 5.32 Å². The summed E-state index contributed by atoms with van der Waals surface area (Å²) in [4.78, 5) is 11.6. The Balaban J connectivity index is 0.00000106. The van der Waals surface area contributed by atoms with Crippen molar-refractivity contribution in [3.05, 3.63) is 23.3 Å². The summed E-state index contributed by atoms with van der Waals surface area (Å²) in [5.41, 5.74) is 2.07. The Kier molecular flexibility index (Phi) is 9.02. The zero-order valence-corrected chi connectivity index (χ0v) is 11.2. The first-order valence-corrected chi connectivity index (χ1v) is 6.49. The molecule has 16 heavy (non-hydrogen) atoms. The van der Waals surface area contributed by atoms with E-state index in [9.17, 15) is 4.79 Å². The number of allylic oxidation sites excluding steroid dienone is 2. The van der Waals surface area contributed by atoms with Gasteiger partial charge in [0.15, 0.2) is 0 Å². The van der Waals surface area contributed by atoms with Gasteiger partial charge >= 0.3 is 0 Å². The highest BCUT2D eigenvalue weighted by molar-refractivity contribution is 6.17. The van der Waals surface area contributed by atoms with E-state index in [1.165, 1.54) is 5.57 Å². The van der Waals surface area contributed by atoms with Crippen LogP contribution in [0.4, 0.5) is 0 Å². The number of halogens is 1. The van der Waals surface area contributed by atoms with Crippen molar-refractivity contribution in [2.45, 2.75) is 40.0 Å². The third-order valence-corrected chi connectivity index (χ3v) is 2.43. The summed E-state index contributed by atoms with van der Waals surface area (Å²) in [5, 5.41) is 2.84. The summed E-state index contributed by atoms with van der Waals surface area (Å²) in [7, 11) is 0. The van der Waals surface area contributed by atoms with Gasteiger partial charge in [0.05, 0.1) is 0 Å². The van der Waals surface area contributed by atoms with Gasteiger partial charge in [-0.1, -0.05) is 31.6 Å². The van der Waals surface area contributed by atoms with Crippen LogP contribution in [-0.4, -0.2) is 18.3 Å². The van der Waals surface area contributed by atoms with Gasteiger partial charge < -0.3 is 5.32 Å². The van der Waals surface area contributed by atoms with Gasteiger partial charge in [0.2, 0.25) is 0 Å². The van der Waals surface area contributed by atoms with Crippen molar-refractivity contribution in [3.8, 4) is 0 Å². The first kappa shape index (κ1) is 15.2. The largest absolute Gasteiger partial charge is 0.352 e. The van der Waals surface area contributed by atoms with Crippen LogP contribution >= 0.6 is 11.6 Å². The van der Waals surface area contributed by atoms with E-state index in [0.29, 0.717) is 12.4 Å². The standard InChI is InChI=1S/C11H16ClNO.C2H6/c1-9-4-2-5-10(8-9)11(14)13-7-3-6-12;1-2/h5,8H,2-4,6-7H2,1H3,(H,13,14);1-2H3.